The third kappa shape index (κ3) is 7.76. The van der Waals surface area contributed by atoms with E-state index in [1.807, 2.05) is 0 Å². The Morgan fingerprint density at radius 2 is 1.53 bits per heavy atom. The zero-order valence-corrected chi connectivity index (χ0v) is 13.6. The predicted octanol–water partition coefficient (Wildman–Crippen LogP) is 4.91. The van der Waals surface area contributed by atoms with E-state index in [2.05, 4.69) is 18.7 Å². The topological polar surface area (TPSA) is 12.5 Å². The number of thiocarbonyl (C=S) groups is 1. The summed E-state index contributed by atoms with van der Waals surface area (Å²) >= 11 is 5.19. The Morgan fingerprint density at radius 3 is 2.00 bits per heavy atom. The molecule has 0 amide bonds. The lowest BCUT2D eigenvalue weighted by molar-refractivity contribution is 0.256. The summed E-state index contributed by atoms with van der Waals surface area (Å²) in [5.74, 6) is 0. The van der Waals surface area contributed by atoms with Crippen LogP contribution in [0, 0.1) is 0 Å². The first-order valence-corrected chi connectivity index (χ1v) is 8.60. The van der Waals surface area contributed by atoms with Crippen LogP contribution in [0.5, 0.6) is 0 Å². The molecule has 1 unspecified atom stereocenters. The molecule has 3 heteroatoms. The molecule has 0 radical (unpaired) electrons. The standard InChI is InChI=1S/C16H31NOS/c1-3-4-5-6-7-8-9-10-11-12-13-17-14-15(2)18-16(17)19/h15H,3-14H2,1-2H3. The minimum atomic E-state index is 0.288. The highest BCUT2D eigenvalue weighted by Crippen LogP contribution is 2.14. The summed E-state index contributed by atoms with van der Waals surface area (Å²) in [5.41, 5.74) is 0. The summed E-state index contributed by atoms with van der Waals surface area (Å²) in [6.45, 7) is 6.43. The van der Waals surface area contributed by atoms with Crippen molar-refractivity contribution in [3.8, 4) is 0 Å². The fourth-order valence-electron chi connectivity index (χ4n) is 2.64. The Hall–Kier alpha value is -0.310. The fourth-order valence-corrected chi connectivity index (χ4v) is 2.97. The predicted molar refractivity (Wildman–Crippen MR) is 86.6 cm³/mol. The Balaban J connectivity index is 1.82. The molecule has 0 aliphatic carbocycles. The van der Waals surface area contributed by atoms with Crippen molar-refractivity contribution in [3.05, 3.63) is 0 Å². The van der Waals surface area contributed by atoms with E-state index < -0.39 is 0 Å². The van der Waals surface area contributed by atoms with E-state index in [4.69, 9.17) is 17.0 Å². The first-order valence-electron chi connectivity index (χ1n) is 8.19. The van der Waals surface area contributed by atoms with Gasteiger partial charge in [-0.05, 0) is 25.6 Å². The molecule has 1 fully saturated rings. The maximum Gasteiger partial charge on any atom is 0.259 e. The zero-order valence-electron chi connectivity index (χ0n) is 12.8. The number of hydrogen-bond donors (Lipinski definition) is 0. The summed E-state index contributed by atoms with van der Waals surface area (Å²) in [6, 6.07) is 0. The van der Waals surface area contributed by atoms with Crippen molar-refractivity contribution in [1.82, 2.24) is 4.90 Å². The highest BCUT2D eigenvalue weighted by Gasteiger charge is 2.23. The van der Waals surface area contributed by atoms with Gasteiger partial charge in [-0.3, -0.25) is 0 Å². The molecule has 1 saturated heterocycles. The SMILES string of the molecule is CCCCCCCCCCCCN1CC(C)OC1=S. The van der Waals surface area contributed by atoms with E-state index in [-0.39, 0.29) is 6.10 Å². The molecule has 2 nitrogen and oxygen atoms in total. The summed E-state index contributed by atoms with van der Waals surface area (Å²) < 4.78 is 5.47. The van der Waals surface area contributed by atoms with Crippen LogP contribution in [-0.4, -0.2) is 29.3 Å². The maximum absolute atomic E-state index is 5.47. The van der Waals surface area contributed by atoms with Gasteiger partial charge in [0.05, 0.1) is 6.54 Å². The van der Waals surface area contributed by atoms with Crippen LogP contribution in [-0.2, 0) is 4.74 Å². The minimum Gasteiger partial charge on any atom is -0.466 e. The molecule has 0 saturated carbocycles. The third-order valence-corrected chi connectivity index (χ3v) is 4.17. The summed E-state index contributed by atoms with van der Waals surface area (Å²) in [7, 11) is 0. The van der Waals surface area contributed by atoms with Gasteiger partial charge < -0.3 is 9.64 Å². The van der Waals surface area contributed by atoms with Gasteiger partial charge in [-0.25, -0.2) is 0 Å². The Morgan fingerprint density at radius 1 is 1.00 bits per heavy atom. The number of ether oxygens (including phenoxy) is 1. The van der Waals surface area contributed by atoms with Crippen LogP contribution in [0.2, 0.25) is 0 Å². The van der Waals surface area contributed by atoms with Gasteiger partial charge >= 0.3 is 0 Å². The van der Waals surface area contributed by atoms with Gasteiger partial charge in [0.25, 0.3) is 5.17 Å². The molecular formula is C16H31NOS. The Bertz CT molecular complexity index is 245. The van der Waals surface area contributed by atoms with E-state index in [0.29, 0.717) is 5.17 Å². The van der Waals surface area contributed by atoms with Gasteiger partial charge in [-0.1, -0.05) is 64.7 Å². The van der Waals surface area contributed by atoms with Gasteiger partial charge in [0, 0.05) is 6.54 Å². The van der Waals surface area contributed by atoms with Crippen LogP contribution in [0.4, 0.5) is 0 Å². The number of hydrogen-bond acceptors (Lipinski definition) is 2. The number of nitrogens with zero attached hydrogens (tertiary/aromatic N) is 1. The maximum atomic E-state index is 5.47. The van der Waals surface area contributed by atoms with Crippen molar-refractivity contribution in [3.63, 3.8) is 0 Å². The van der Waals surface area contributed by atoms with Crippen LogP contribution < -0.4 is 0 Å². The third-order valence-electron chi connectivity index (χ3n) is 3.82. The average Bonchev–Trinajstić information content (AvgIpc) is 2.70. The van der Waals surface area contributed by atoms with Gasteiger partial charge in [-0.2, -0.15) is 0 Å². The number of unbranched alkanes of at least 4 members (excludes halogenated alkanes) is 9. The molecule has 1 heterocycles. The van der Waals surface area contributed by atoms with E-state index >= 15 is 0 Å². The van der Waals surface area contributed by atoms with Crippen LogP contribution in [0.15, 0.2) is 0 Å². The fraction of sp³-hybridized carbons (Fsp3) is 0.938. The quantitative estimate of drug-likeness (QED) is 0.395. The molecule has 1 aliphatic rings. The van der Waals surface area contributed by atoms with Crippen LogP contribution in [0.1, 0.15) is 78.1 Å². The van der Waals surface area contributed by atoms with Crippen LogP contribution >= 0.6 is 12.2 Å². The molecule has 1 aliphatic heterocycles. The van der Waals surface area contributed by atoms with Crippen molar-refractivity contribution in [2.45, 2.75) is 84.2 Å². The molecule has 1 rings (SSSR count). The molecule has 0 bridgehead atoms. The van der Waals surface area contributed by atoms with Crippen molar-refractivity contribution < 1.29 is 4.74 Å². The molecule has 0 aromatic carbocycles. The van der Waals surface area contributed by atoms with E-state index in [1.165, 1.54) is 64.2 Å². The summed E-state index contributed by atoms with van der Waals surface area (Å²) in [4.78, 5) is 2.21. The van der Waals surface area contributed by atoms with Crippen molar-refractivity contribution in [2.75, 3.05) is 13.1 Å². The van der Waals surface area contributed by atoms with Crippen molar-refractivity contribution in [2.24, 2.45) is 0 Å². The van der Waals surface area contributed by atoms with E-state index in [1.54, 1.807) is 0 Å². The van der Waals surface area contributed by atoms with Crippen LogP contribution in [0.25, 0.3) is 0 Å². The van der Waals surface area contributed by atoms with E-state index in [0.717, 1.165) is 13.1 Å². The minimum absolute atomic E-state index is 0.288. The molecule has 1 atom stereocenters. The largest absolute Gasteiger partial charge is 0.466 e. The first-order chi connectivity index (χ1) is 9.24. The highest BCUT2D eigenvalue weighted by atomic mass is 32.1. The second kappa shape index (κ2) is 10.5. The first kappa shape index (κ1) is 16.7. The van der Waals surface area contributed by atoms with Gasteiger partial charge in [0.1, 0.15) is 6.10 Å². The average molecular weight is 285 g/mol. The molecule has 19 heavy (non-hydrogen) atoms. The molecule has 0 N–H and O–H groups in total. The molecular weight excluding hydrogens is 254 g/mol. The van der Waals surface area contributed by atoms with E-state index in [9.17, 15) is 0 Å². The van der Waals surface area contributed by atoms with Crippen molar-refractivity contribution >= 4 is 17.4 Å². The lowest BCUT2D eigenvalue weighted by Crippen LogP contribution is -2.25. The Kier molecular flexibility index (Phi) is 9.23. The molecule has 0 spiro atoms. The normalized spacial score (nSPS) is 18.9. The second-order valence-electron chi connectivity index (χ2n) is 5.82. The number of rotatable bonds is 11. The zero-order chi connectivity index (χ0) is 13.9. The lowest BCUT2D eigenvalue weighted by atomic mass is 10.1. The molecule has 0 aromatic heterocycles. The van der Waals surface area contributed by atoms with Gasteiger partial charge in [-0.15, -0.1) is 0 Å². The Labute approximate surface area is 124 Å². The highest BCUT2D eigenvalue weighted by molar-refractivity contribution is 7.80. The lowest BCUT2D eigenvalue weighted by Gasteiger charge is -2.14. The summed E-state index contributed by atoms with van der Waals surface area (Å²) in [6.07, 6.45) is 14.1. The van der Waals surface area contributed by atoms with Crippen LogP contribution in [0.3, 0.4) is 0 Å². The van der Waals surface area contributed by atoms with Gasteiger partial charge in [0.15, 0.2) is 0 Å². The second-order valence-corrected chi connectivity index (χ2v) is 6.17. The summed E-state index contributed by atoms with van der Waals surface area (Å²) in [5, 5.41) is 0.712. The van der Waals surface area contributed by atoms with Gasteiger partial charge in [0.2, 0.25) is 0 Å². The molecule has 112 valence electrons. The molecule has 0 aromatic rings. The smallest absolute Gasteiger partial charge is 0.259 e. The van der Waals surface area contributed by atoms with Crippen molar-refractivity contribution in [1.29, 1.82) is 0 Å². The monoisotopic (exact) mass is 285 g/mol.